The molecule has 0 saturated heterocycles. The molecule has 7 heteroatoms. The molecule has 3 rings (SSSR count). The van der Waals surface area contributed by atoms with E-state index in [9.17, 15) is 14.7 Å². The summed E-state index contributed by atoms with van der Waals surface area (Å²) in [5.74, 6) is -1.12. The Bertz CT molecular complexity index is 871. The molecular weight excluding hydrogens is 370 g/mol. The van der Waals surface area contributed by atoms with Crippen molar-refractivity contribution in [1.29, 1.82) is 0 Å². The minimum absolute atomic E-state index is 0.00814. The number of phenolic OH excluding ortho intramolecular Hbond substituents is 1. The van der Waals surface area contributed by atoms with Crippen LogP contribution in [0.5, 0.6) is 11.5 Å². The number of methoxy groups -OCH3 is 1. The highest BCUT2D eigenvalue weighted by Crippen LogP contribution is 2.46. The van der Waals surface area contributed by atoms with E-state index in [0.29, 0.717) is 28.8 Å². The summed E-state index contributed by atoms with van der Waals surface area (Å²) in [5, 5.41) is 13.4. The van der Waals surface area contributed by atoms with Crippen LogP contribution in [0.15, 0.2) is 34.7 Å². The normalized spacial score (nSPS) is 19.6. The summed E-state index contributed by atoms with van der Waals surface area (Å²) in [4.78, 5) is 25.5. The van der Waals surface area contributed by atoms with Crippen molar-refractivity contribution in [2.45, 2.75) is 39.0 Å². The van der Waals surface area contributed by atoms with Gasteiger partial charge in [-0.3, -0.25) is 4.79 Å². The van der Waals surface area contributed by atoms with Gasteiger partial charge in [-0.15, -0.1) is 0 Å². The molecule has 0 spiro atoms. The fourth-order valence-electron chi connectivity index (χ4n) is 3.71. The van der Waals surface area contributed by atoms with Crippen LogP contribution in [0.25, 0.3) is 0 Å². The monoisotopic (exact) mass is 391 g/mol. The zero-order valence-electron chi connectivity index (χ0n) is 15.5. The number of carbonyl (C=O) groups excluding carboxylic acids is 2. The lowest BCUT2D eigenvalue weighted by Gasteiger charge is -2.34. The van der Waals surface area contributed by atoms with Gasteiger partial charge in [-0.25, -0.2) is 4.79 Å². The number of carbonyl (C=O) groups is 2. The van der Waals surface area contributed by atoms with Gasteiger partial charge in [0.15, 0.2) is 17.3 Å². The fraction of sp³-hybridized carbons (Fsp3) is 0.400. The van der Waals surface area contributed by atoms with Gasteiger partial charge < -0.3 is 19.9 Å². The fourth-order valence-corrected chi connectivity index (χ4v) is 3.93. The van der Waals surface area contributed by atoms with E-state index in [1.165, 1.54) is 7.11 Å². The second-order valence-corrected chi connectivity index (χ2v) is 6.95. The summed E-state index contributed by atoms with van der Waals surface area (Å²) in [6.07, 6.45) is 1.92. The molecule has 0 fully saturated rings. The van der Waals surface area contributed by atoms with Crippen LogP contribution in [0.2, 0.25) is 5.02 Å². The molecule has 1 aromatic rings. The molecule has 0 unspecified atom stereocenters. The number of allylic oxidation sites excluding steroid dienone is 3. The Labute approximate surface area is 162 Å². The lowest BCUT2D eigenvalue weighted by molar-refractivity contribution is -0.138. The number of phenols is 1. The number of halogens is 1. The molecule has 0 radical (unpaired) electrons. The molecule has 1 aliphatic carbocycles. The first-order valence-electron chi connectivity index (χ1n) is 8.86. The molecule has 1 heterocycles. The largest absolute Gasteiger partial charge is 0.503 e. The van der Waals surface area contributed by atoms with Crippen molar-refractivity contribution < 1.29 is 24.2 Å². The van der Waals surface area contributed by atoms with Crippen molar-refractivity contribution in [2.24, 2.45) is 0 Å². The number of esters is 1. The van der Waals surface area contributed by atoms with Crippen LogP contribution in [0.1, 0.15) is 44.6 Å². The Kier molecular flexibility index (Phi) is 5.46. The average Bonchev–Trinajstić information content (AvgIpc) is 2.63. The third kappa shape index (κ3) is 3.41. The van der Waals surface area contributed by atoms with Crippen LogP contribution in [0, 0.1) is 0 Å². The Balaban J connectivity index is 2.23. The minimum atomic E-state index is -0.625. The average molecular weight is 392 g/mol. The molecule has 27 heavy (non-hydrogen) atoms. The molecule has 6 nitrogen and oxygen atoms in total. The van der Waals surface area contributed by atoms with Gasteiger partial charge in [0.2, 0.25) is 0 Å². The summed E-state index contributed by atoms with van der Waals surface area (Å²) < 4.78 is 10.5. The number of aromatic hydroxyl groups is 1. The Hall–Kier alpha value is -2.47. The van der Waals surface area contributed by atoms with Gasteiger partial charge in [0, 0.05) is 29.3 Å². The number of ether oxygens (including phenoxy) is 2. The van der Waals surface area contributed by atoms with E-state index in [4.69, 9.17) is 21.1 Å². The van der Waals surface area contributed by atoms with E-state index < -0.39 is 11.9 Å². The summed E-state index contributed by atoms with van der Waals surface area (Å²) in [6, 6.07) is 3.17. The van der Waals surface area contributed by atoms with Gasteiger partial charge in [-0.2, -0.15) is 0 Å². The zero-order chi connectivity index (χ0) is 19.7. The van der Waals surface area contributed by atoms with Crippen LogP contribution in [0.3, 0.4) is 0 Å². The first-order valence-corrected chi connectivity index (χ1v) is 9.24. The van der Waals surface area contributed by atoms with E-state index >= 15 is 0 Å². The van der Waals surface area contributed by atoms with E-state index in [1.807, 2.05) is 0 Å². The zero-order valence-corrected chi connectivity index (χ0v) is 16.3. The first-order chi connectivity index (χ1) is 12.9. The Morgan fingerprint density at radius 3 is 2.78 bits per heavy atom. The number of benzene rings is 1. The maximum absolute atomic E-state index is 12.8. The number of Topliss-reactive ketones (excluding diaryl/α,β-unsaturated/α-hetero) is 1. The molecule has 1 atom stereocenters. The van der Waals surface area contributed by atoms with Crippen molar-refractivity contribution >= 4 is 23.4 Å². The van der Waals surface area contributed by atoms with Crippen molar-refractivity contribution in [1.82, 2.24) is 5.32 Å². The molecule has 2 N–H and O–H groups in total. The molecular formula is C20H22ClNO5. The number of dihydropyridines is 1. The second-order valence-electron chi connectivity index (χ2n) is 6.54. The van der Waals surface area contributed by atoms with Crippen molar-refractivity contribution in [3.05, 3.63) is 45.3 Å². The second kappa shape index (κ2) is 7.64. The van der Waals surface area contributed by atoms with Crippen LogP contribution >= 0.6 is 11.6 Å². The van der Waals surface area contributed by atoms with Crippen LogP contribution in [-0.4, -0.2) is 30.6 Å². The van der Waals surface area contributed by atoms with Gasteiger partial charge in [-0.05, 0) is 44.4 Å². The highest BCUT2D eigenvalue weighted by molar-refractivity contribution is 6.32. The number of hydrogen-bond donors (Lipinski definition) is 2. The van der Waals surface area contributed by atoms with Gasteiger partial charge >= 0.3 is 5.97 Å². The molecule has 0 amide bonds. The maximum Gasteiger partial charge on any atom is 0.336 e. The number of hydrogen-bond acceptors (Lipinski definition) is 6. The molecule has 1 aliphatic heterocycles. The lowest BCUT2D eigenvalue weighted by Crippen LogP contribution is -2.34. The molecule has 144 valence electrons. The summed E-state index contributed by atoms with van der Waals surface area (Å²) in [5.41, 5.74) is 3.00. The van der Waals surface area contributed by atoms with Crippen molar-refractivity contribution in [3.8, 4) is 11.5 Å². The maximum atomic E-state index is 12.8. The smallest absolute Gasteiger partial charge is 0.336 e. The topological polar surface area (TPSA) is 84.9 Å². The van der Waals surface area contributed by atoms with E-state index in [2.05, 4.69) is 5.32 Å². The van der Waals surface area contributed by atoms with Crippen LogP contribution in [-0.2, 0) is 14.3 Å². The van der Waals surface area contributed by atoms with Gasteiger partial charge in [-0.1, -0.05) is 11.6 Å². The molecule has 2 aliphatic rings. The van der Waals surface area contributed by atoms with Gasteiger partial charge in [0.25, 0.3) is 0 Å². The third-order valence-corrected chi connectivity index (χ3v) is 5.16. The molecule has 0 saturated carbocycles. The minimum Gasteiger partial charge on any atom is -0.503 e. The predicted molar refractivity (Wildman–Crippen MR) is 101 cm³/mol. The van der Waals surface area contributed by atoms with E-state index in [0.717, 1.165) is 18.5 Å². The van der Waals surface area contributed by atoms with E-state index in [-0.39, 0.29) is 28.9 Å². The van der Waals surface area contributed by atoms with E-state index in [1.54, 1.807) is 26.0 Å². The van der Waals surface area contributed by atoms with Crippen LogP contribution in [0.4, 0.5) is 0 Å². The Morgan fingerprint density at radius 2 is 2.11 bits per heavy atom. The number of rotatable bonds is 4. The van der Waals surface area contributed by atoms with Gasteiger partial charge in [0.05, 0.1) is 24.3 Å². The van der Waals surface area contributed by atoms with Crippen LogP contribution < -0.4 is 10.1 Å². The number of nitrogens with one attached hydrogen (secondary N) is 1. The predicted octanol–water partition coefficient (Wildman–Crippen LogP) is 3.59. The SMILES string of the molecule is CCOC(=O)C1=C(C)NC2=C(C(=O)CCC2)[C@@H]1c1cc(Cl)c(O)c(OC)c1. The quantitative estimate of drug-likeness (QED) is 0.763. The summed E-state index contributed by atoms with van der Waals surface area (Å²) in [6.45, 7) is 3.75. The third-order valence-electron chi connectivity index (χ3n) is 4.88. The number of ketones is 1. The Morgan fingerprint density at radius 1 is 1.37 bits per heavy atom. The highest BCUT2D eigenvalue weighted by Gasteiger charge is 2.39. The standard InChI is InChI=1S/C20H22ClNO5/c1-4-27-20(25)16-10(2)22-13-6-5-7-14(23)18(13)17(16)11-8-12(21)19(24)15(9-11)26-3/h8-9,17,22,24H,4-7H2,1-3H3/t17-/m1/s1. The van der Waals surface area contributed by atoms with Crippen molar-refractivity contribution in [2.75, 3.05) is 13.7 Å². The highest BCUT2D eigenvalue weighted by atomic mass is 35.5. The van der Waals surface area contributed by atoms with Crippen molar-refractivity contribution in [3.63, 3.8) is 0 Å². The lowest BCUT2D eigenvalue weighted by atomic mass is 9.75. The molecule has 0 bridgehead atoms. The summed E-state index contributed by atoms with van der Waals surface area (Å²) in [7, 11) is 1.42. The van der Waals surface area contributed by atoms with Gasteiger partial charge in [0.1, 0.15) is 0 Å². The molecule has 0 aromatic heterocycles. The first kappa shape index (κ1) is 19.3. The summed E-state index contributed by atoms with van der Waals surface area (Å²) >= 11 is 6.17. The molecule has 1 aromatic carbocycles.